The molecule has 0 spiro atoms. The molecule has 3 amide bonds. The summed E-state index contributed by atoms with van der Waals surface area (Å²) < 4.78 is 6.53. The standard InChI is InChI=1S/C27H31N5O4/c1-16-10-11-28-25(29-16)18-13-31(14-18)21-4-2-3-5-23(21)36-19-6-7-20-17(12-19)15-32(27(20)35)22-8-9-24(33)30-26(22)34/h6-7,10-12,18,21-23H,2-5,8-9,13-15H2,1H3,(H,30,33,34)/t21-,22?,23-/m1/s1. The van der Waals surface area contributed by atoms with Crippen molar-refractivity contribution < 1.29 is 19.1 Å². The van der Waals surface area contributed by atoms with Crippen LogP contribution in [-0.2, 0) is 16.1 Å². The van der Waals surface area contributed by atoms with Crippen LogP contribution in [-0.4, -0.2) is 68.8 Å². The molecule has 1 aliphatic carbocycles. The van der Waals surface area contributed by atoms with Gasteiger partial charge in [-0.15, -0.1) is 0 Å². The van der Waals surface area contributed by atoms with Crippen LogP contribution in [0.2, 0.25) is 0 Å². The van der Waals surface area contributed by atoms with Gasteiger partial charge in [-0.1, -0.05) is 6.42 Å². The Kier molecular flexibility index (Phi) is 5.95. The molecule has 3 aliphatic heterocycles. The number of amides is 3. The molecule has 1 saturated carbocycles. The first kappa shape index (κ1) is 23.1. The highest BCUT2D eigenvalue weighted by Crippen LogP contribution is 2.36. The molecule has 1 unspecified atom stereocenters. The second-order valence-corrected chi connectivity index (χ2v) is 10.4. The highest BCUT2D eigenvalue weighted by Gasteiger charge is 2.41. The fourth-order valence-electron chi connectivity index (χ4n) is 6.04. The average Bonchev–Trinajstić information content (AvgIpc) is 3.15. The maximum Gasteiger partial charge on any atom is 0.255 e. The van der Waals surface area contributed by atoms with Crippen LogP contribution >= 0.6 is 0 Å². The SMILES string of the molecule is Cc1ccnc(C2CN([C@@H]3CCCC[C@H]3Oc3ccc4c(c3)CN(C3CCC(=O)NC3=O)C4=O)C2)n1. The summed E-state index contributed by atoms with van der Waals surface area (Å²) in [5.74, 6) is 1.24. The van der Waals surface area contributed by atoms with Gasteiger partial charge in [0.25, 0.3) is 5.91 Å². The van der Waals surface area contributed by atoms with E-state index in [2.05, 4.69) is 20.2 Å². The molecule has 1 N–H and O–H groups in total. The quantitative estimate of drug-likeness (QED) is 0.643. The predicted octanol–water partition coefficient (Wildman–Crippen LogP) is 2.34. The summed E-state index contributed by atoms with van der Waals surface area (Å²) in [6.45, 7) is 4.26. The molecule has 6 rings (SSSR count). The Hall–Kier alpha value is -3.33. The van der Waals surface area contributed by atoms with Gasteiger partial charge in [-0.2, -0.15) is 0 Å². The third-order valence-electron chi connectivity index (χ3n) is 8.01. The number of aryl methyl sites for hydroxylation is 1. The van der Waals surface area contributed by atoms with E-state index in [1.54, 1.807) is 4.90 Å². The summed E-state index contributed by atoms with van der Waals surface area (Å²) in [4.78, 5) is 50.0. The third-order valence-corrected chi connectivity index (χ3v) is 8.01. The van der Waals surface area contributed by atoms with Gasteiger partial charge in [-0.3, -0.25) is 24.6 Å². The Labute approximate surface area is 210 Å². The third kappa shape index (κ3) is 4.25. The van der Waals surface area contributed by atoms with Gasteiger partial charge in [0.05, 0.1) is 0 Å². The molecule has 2 saturated heterocycles. The first-order chi connectivity index (χ1) is 17.5. The predicted molar refractivity (Wildman–Crippen MR) is 130 cm³/mol. The second-order valence-electron chi connectivity index (χ2n) is 10.4. The van der Waals surface area contributed by atoms with E-state index in [-0.39, 0.29) is 24.3 Å². The topological polar surface area (TPSA) is 105 Å². The largest absolute Gasteiger partial charge is 0.489 e. The second kappa shape index (κ2) is 9.28. The van der Waals surface area contributed by atoms with Gasteiger partial charge in [-0.05, 0) is 62.4 Å². The number of ether oxygens (including phenoxy) is 1. The first-order valence-electron chi connectivity index (χ1n) is 12.9. The normalized spacial score (nSPS) is 27.0. The molecule has 4 aliphatic rings. The van der Waals surface area contributed by atoms with Crippen LogP contribution in [0, 0.1) is 6.92 Å². The van der Waals surface area contributed by atoms with Gasteiger partial charge < -0.3 is 9.64 Å². The number of nitrogens with one attached hydrogen (secondary N) is 1. The van der Waals surface area contributed by atoms with Crippen molar-refractivity contribution in [2.24, 2.45) is 0 Å². The molecule has 2 aromatic rings. The summed E-state index contributed by atoms with van der Waals surface area (Å²) in [6.07, 6.45) is 7.01. The Bertz CT molecular complexity index is 1210. The molecule has 3 atom stereocenters. The maximum absolute atomic E-state index is 13.0. The number of hydrogen-bond donors (Lipinski definition) is 1. The summed E-state index contributed by atoms with van der Waals surface area (Å²) in [5.41, 5.74) is 2.48. The molecule has 9 nitrogen and oxygen atoms in total. The number of benzene rings is 1. The smallest absolute Gasteiger partial charge is 0.255 e. The molecular weight excluding hydrogens is 458 g/mol. The molecule has 0 bridgehead atoms. The molecule has 1 aromatic heterocycles. The molecular formula is C27H31N5O4. The number of carbonyl (C=O) groups excluding carboxylic acids is 3. The molecule has 188 valence electrons. The summed E-state index contributed by atoms with van der Waals surface area (Å²) in [6, 6.07) is 7.31. The van der Waals surface area contributed by atoms with Gasteiger partial charge in [0.2, 0.25) is 11.8 Å². The summed E-state index contributed by atoms with van der Waals surface area (Å²) in [7, 11) is 0. The van der Waals surface area contributed by atoms with Crippen molar-refractivity contribution >= 4 is 17.7 Å². The van der Waals surface area contributed by atoms with Gasteiger partial charge in [-0.25, -0.2) is 9.97 Å². The van der Waals surface area contributed by atoms with Crippen molar-refractivity contribution in [1.82, 2.24) is 25.1 Å². The monoisotopic (exact) mass is 489 g/mol. The van der Waals surface area contributed by atoms with E-state index in [1.807, 2.05) is 37.4 Å². The fourth-order valence-corrected chi connectivity index (χ4v) is 6.04. The Morgan fingerprint density at radius 1 is 1.06 bits per heavy atom. The Morgan fingerprint density at radius 2 is 1.89 bits per heavy atom. The lowest BCUT2D eigenvalue weighted by Crippen LogP contribution is -2.57. The van der Waals surface area contributed by atoms with Crippen LogP contribution in [0.15, 0.2) is 30.5 Å². The summed E-state index contributed by atoms with van der Waals surface area (Å²) in [5, 5.41) is 2.35. The van der Waals surface area contributed by atoms with E-state index in [1.165, 1.54) is 6.42 Å². The van der Waals surface area contributed by atoms with Crippen LogP contribution < -0.4 is 10.1 Å². The van der Waals surface area contributed by atoms with Crippen molar-refractivity contribution in [2.45, 2.75) is 76.1 Å². The van der Waals surface area contributed by atoms with E-state index in [0.717, 1.165) is 55.2 Å². The van der Waals surface area contributed by atoms with Gasteiger partial charge in [0.1, 0.15) is 23.7 Å². The van der Waals surface area contributed by atoms with Crippen molar-refractivity contribution in [3.8, 4) is 5.75 Å². The number of fused-ring (bicyclic) bond motifs is 1. The van der Waals surface area contributed by atoms with Crippen molar-refractivity contribution in [3.05, 3.63) is 53.1 Å². The van der Waals surface area contributed by atoms with Crippen molar-refractivity contribution in [1.29, 1.82) is 0 Å². The van der Waals surface area contributed by atoms with Crippen LogP contribution in [0.25, 0.3) is 0 Å². The Morgan fingerprint density at radius 3 is 2.69 bits per heavy atom. The summed E-state index contributed by atoms with van der Waals surface area (Å²) >= 11 is 0. The molecule has 1 aromatic carbocycles. The highest BCUT2D eigenvalue weighted by atomic mass is 16.5. The fraction of sp³-hybridized carbons (Fsp3) is 0.519. The van der Waals surface area contributed by atoms with E-state index in [4.69, 9.17) is 4.74 Å². The van der Waals surface area contributed by atoms with E-state index >= 15 is 0 Å². The lowest BCUT2D eigenvalue weighted by Gasteiger charge is -2.47. The van der Waals surface area contributed by atoms with E-state index in [9.17, 15) is 14.4 Å². The van der Waals surface area contributed by atoms with Gasteiger partial charge in [0, 0.05) is 55.5 Å². The molecule has 36 heavy (non-hydrogen) atoms. The van der Waals surface area contributed by atoms with Crippen LogP contribution in [0.4, 0.5) is 0 Å². The average molecular weight is 490 g/mol. The lowest BCUT2D eigenvalue weighted by atomic mass is 9.86. The number of piperidine rings is 1. The number of imide groups is 1. The lowest BCUT2D eigenvalue weighted by molar-refractivity contribution is -0.136. The zero-order valence-electron chi connectivity index (χ0n) is 20.5. The van der Waals surface area contributed by atoms with Gasteiger partial charge in [0.15, 0.2) is 0 Å². The minimum absolute atomic E-state index is 0.0968. The maximum atomic E-state index is 13.0. The minimum Gasteiger partial charge on any atom is -0.489 e. The van der Waals surface area contributed by atoms with Crippen LogP contribution in [0.1, 0.15) is 71.9 Å². The number of aromatic nitrogens is 2. The van der Waals surface area contributed by atoms with Gasteiger partial charge >= 0.3 is 0 Å². The zero-order valence-corrected chi connectivity index (χ0v) is 20.5. The highest BCUT2D eigenvalue weighted by molar-refractivity contribution is 6.05. The number of rotatable bonds is 5. The van der Waals surface area contributed by atoms with E-state index < -0.39 is 11.9 Å². The van der Waals surface area contributed by atoms with Crippen LogP contribution in [0.5, 0.6) is 5.75 Å². The van der Waals surface area contributed by atoms with E-state index in [0.29, 0.717) is 30.5 Å². The Balaban J connectivity index is 1.12. The number of likely N-dealkylation sites (tertiary alicyclic amines) is 1. The molecule has 0 radical (unpaired) electrons. The molecule has 4 heterocycles. The molecule has 3 fully saturated rings. The van der Waals surface area contributed by atoms with Crippen LogP contribution in [0.3, 0.4) is 0 Å². The minimum atomic E-state index is -0.605. The number of carbonyl (C=O) groups is 3. The first-order valence-corrected chi connectivity index (χ1v) is 12.9. The molecule has 9 heteroatoms. The number of hydrogen-bond acceptors (Lipinski definition) is 7. The number of nitrogens with zero attached hydrogens (tertiary/aromatic N) is 4. The van der Waals surface area contributed by atoms with Crippen molar-refractivity contribution in [2.75, 3.05) is 13.1 Å². The van der Waals surface area contributed by atoms with Crippen molar-refractivity contribution in [3.63, 3.8) is 0 Å². The zero-order chi connectivity index (χ0) is 24.8.